The molecule has 20 heavy (non-hydrogen) atoms. The van der Waals surface area contributed by atoms with E-state index >= 15 is 0 Å². The number of anilines is 1. The van der Waals surface area contributed by atoms with Crippen LogP contribution in [0.2, 0.25) is 0 Å². The lowest BCUT2D eigenvalue weighted by molar-refractivity contribution is 0.102. The number of halogens is 1. The first kappa shape index (κ1) is 14.5. The third-order valence-electron chi connectivity index (χ3n) is 2.57. The van der Waals surface area contributed by atoms with Crippen molar-refractivity contribution in [3.63, 3.8) is 0 Å². The van der Waals surface area contributed by atoms with Crippen LogP contribution in [0.25, 0.3) is 0 Å². The Balaban J connectivity index is 1.99. The highest BCUT2D eigenvalue weighted by Gasteiger charge is 2.06. The topological polar surface area (TPSA) is 51.2 Å². The zero-order valence-electron chi connectivity index (χ0n) is 11.1. The fourth-order valence-corrected chi connectivity index (χ4v) is 1.80. The number of amides is 1. The number of ether oxygens (including phenoxy) is 1. The number of carbonyl (C=O) groups is 1. The molecule has 104 valence electrons. The minimum atomic E-state index is -0.188. The Morgan fingerprint density at radius 2 is 2.00 bits per heavy atom. The van der Waals surface area contributed by atoms with Crippen molar-refractivity contribution in [2.24, 2.45) is 0 Å². The zero-order valence-corrected chi connectivity index (χ0v) is 12.7. The minimum Gasteiger partial charge on any atom is -0.494 e. The van der Waals surface area contributed by atoms with Gasteiger partial charge in [-0.25, -0.2) is 4.98 Å². The number of rotatable bonds is 5. The SMILES string of the molecule is CCCOc1ccc(NC(=O)c2ccc(Br)nc2)cc1. The maximum absolute atomic E-state index is 12.0. The van der Waals surface area contributed by atoms with Gasteiger partial charge in [0.2, 0.25) is 0 Å². The number of hydrogen-bond acceptors (Lipinski definition) is 3. The number of hydrogen-bond donors (Lipinski definition) is 1. The average Bonchev–Trinajstić information content (AvgIpc) is 2.47. The van der Waals surface area contributed by atoms with Gasteiger partial charge in [-0.05, 0) is 58.7 Å². The second-order valence-corrected chi connectivity index (χ2v) is 5.01. The van der Waals surface area contributed by atoms with Crippen LogP contribution in [0.5, 0.6) is 5.75 Å². The van der Waals surface area contributed by atoms with Gasteiger partial charge >= 0.3 is 0 Å². The molecule has 1 N–H and O–H groups in total. The number of nitrogens with zero attached hydrogens (tertiary/aromatic N) is 1. The molecule has 0 unspecified atom stereocenters. The van der Waals surface area contributed by atoms with Crippen molar-refractivity contribution in [3.05, 3.63) is 52.8 Å². The molecule has 0 aliphatic carbocycles. The van der Waals surface area contributed by atoms with Crippen LogP contribution in [0.1, 0.15) is 23.7 Å². The second-order valence-electron chi connectivity index (χ2n) is 4.20. The van der Waals surface area contributed by atoms with E-state index in [0.29, 0.717) is 16.8 Å². The van der Waals surface area contributed by atoms with E-state index in [0.717, 1.165) is 17.9 Å². The molecule has 0 aliphatic rings. The van der Waals surface area contributed by atoms with Crippen molar-refractivity contribution in [1.82, 2.24) is 4.98 Å². The average molecular weight is 335 g/mol. The van der Waals surface area contributed by atoms with Gasteiger partial charge in [0.05, 0.1) is 12.2 Å². The van der Waals surface area contributed by atoms with Gasteiger partial charge in [-0.15, -0.1) is 0 Å². The molecule has 0 radical (unpaired) electrons. The van der Waals surface area contributed by atoms with E-state index in [4.69, 9.17) is 4.74 Å². The minimum absolute atomic E-state index is 0.188. The highest BCUT2D eigenvalue weighted by molar-refractivity contribution is 9.10. The molecule has 1 aromatic heterocycles. The smallest absolute Gasteiger partial charge is 0.257 e. The summed E-state index contributed by atoms with van der Waals surface area (Å²) in [6.07, 6.45) is 2.49. The Bertz CT molecular complexity index is 567. The summed E-state index contributed by atoms with van der Waals surface area (Å²) in [6.45, 7) is 2.75. The van der Waals surface area contributed by atoms with Gasteiger partial charge in [0.25, 0.3) is 5.91 Å². The molecule has 4 nitrogen and oxygen atoms in total. The molecule has 0 bridgehead atoms. The van der Waals surface area contributed by atoms with Crippen LogP contribution in [0.15, 0.2) is 47.2 Å². The molecular weight excluding hydrogens is 320 g/mol. The van der Waals surface area contributed by atoms with Crippen molar-refractivity contribution < 1.29 is 9.53 Å². The van der Waals surface area contributed by atoms with Crippen LogP contribution in [0.3, 0.4) is 0 Å². The first-order chi connectivity index (χ1) is 9.69. The monoisotopic (exact) mass is 334 g/mol. The van der Waals surface area contributed by atoms with Crippen molar-refractivity contribution in [1.29, 1.82) is 0 Å². The molecule has 0 saturated carbocycles. The lowest BCUT2D eigenvalue weighted by atomic mass is 10.2. The van der Waals surface area contributed by atoms with Crippen LogP contribution in [0, 0.1) is 0 Å². The predicted octanol–water partition coefficient (Wildman–Crippen LogP) is 3.89. The van der Waals surface area contributed by atoms with E-state index < -0.39 is 0 Å². The number of benzene rings is 1. The third-order valence-corrected chi connectivity index (χ3v) is 3.04. The summed E-state index contributed by atoms with van der Waals surface area (Å²) < 4.78 is 6.19. The van der Waals surface area contributed by atoms with E-state index in [9.17, 15) is 4.79 Å². The van der Waals surface area contributed by atoms with E-state index in [2.05, 4.69) is 33.2 Å². The second kappa shape index (κ2) is 7.05. The van der Waals surface area contributed by atoms with Gasteiger partial charge in [-0.1, -0.05) is 6.92 Å². The van der Waals surface area contributed by atoms with E-state index in [1.165, 1.54) is 6.20 Å². The quantitative estimate of drug-likeness (QED) is 0.844. The zero-order chi connectivity index (χ0) is 14.4. The molecular formula is C15H15BrN2O2. The van der Waals surface area contributed by atoms with E-state index in [-0.39, 0.29) is 5.91 Å². The number of carbonyl (C=O) groups excluding carboxylic acids is 1. The number of aromatic nitrogens is 1. The lowest BCUT2D eigenvalue weighted by Gasteiger charge is -2.07. The Labute approximate surface area is 126 Å². The van der Waals surface area contributed by atoms with Crippen LogP contribution < -0.4 is 10.1 Å². The fourth-order valence-electron chi connectivity index (χ4n) is 1.57. The molecule has 1 aromatic carbocycles. The number of pyridine rings is 1. The highest BCUT2D eigenvalue weighted by Crippen LogP contribution is 2.17. The van der Waals surface area contributed by atoms with Gasteiger partial charge < -0.3 is 10.1 Å². The third kappa shape index (κ3) is 4.06. The Morgan fingerprint density at radius 3 is 2.60 bits per heavy atom. The molecule has 2 aromatic rings. The largest absolute Gasteiger partial charge is 0.494 e. The van der Waals surface area contributed by atoms with Crippen LogP contribution in [-0.2, 0) is 0 Å². The van der Waals surface area contributed by atoms with Crippen molar-refractivity contribution in [3.8, 4) is 5.75 Å². The van der Waals surface area contributed by atoms with Gasteiger partial charge in [0, 0.05) is 11.9 Å². The van der Waals surface area contributed by atoms with Crippen molar-refractivity contribution >= 4 is 27.5 Å². The van der Waals surface area contributed by atoms with Crippen LogP contribution in [-0.4, -0.2) is 17.5 Å². The van der Waals surface area contributed by atoms with E-state index in [1.807, 2.05) is 24.3 Å². The van der Waals surface area contributed by atoms with Crippen molar-refractivity contribution in [2.75, 3.05) is 11.9 Å². The van der Waals surface area contributed by atoms with Crippen LogP contribution >= 0.6 is 15.9 Å². The molecule has 0 atom stereocenters. The molecule has 0 saturated heterocycles. The fraction of sp³-hybridized carbons (Fsp3) is 0.200. The predicted molar refractivity (Wildman–Crippen MR) is 82.1 cm³/mol. The maximum atomic E-state index is 12.0. The van der Waals surface area contributed by atoms with Gasteiger partial charge in [0.1, 0.15) is 10.4 Å². The summed E-state index contributed by atoms with van der Waals surface area (Å²) >= 11 is 3.23. The summed E-state index contributed by atoms with van der Waals surface area (Å²) in [5.41, 5.74) is 1.24. The molecule has 2 rings (SSSR count). The standard InChI is InChI=1S/C15H15BrN2O2/c1-2-9-20-13-6-4-12(5-7-13)18-15(19)11-3-8-14(16)17-10-11/h3-8,10H,2,9H2,1H3,(H,18,19). The maximum Gasteiger partial charge on any atom is 0.257 e. The van der Waals surface area contributed by atoms with Crippen molar-refractivity contribution in [2.45, 2.75) is 13.3 Å². The first-order valence-electron chi connectivity index (χ1n) is 6.35. The number of nitrogens with one attached hydrogen (secondary N) is 1. The first-order valence-corrected chi connectivity index (χ1v) is 7.14. The normalized spacial score (nSPS) is 10.1. The molecule has 0 fully saturated rings. The summed E-state index contributed by atoms with van der Waals surface area (Å²) in [6, 6.07) is 10.8. The van der Waals surface area contributed by atoms with Gasteiger partial charge in [-0.3, -0.25) is 4.79 Å². The molecule has 0 aliphatic heterocycles. The molecule has 1 amide bonds. The summed E-state index contributed by atoms with van der Waals surface area (Å²) in [7, 11) is 0. The molecule has 1 heterocycles. The lowest BCUT2D eigenvalue weighted by Crippen LogP contribution is -2.12. The Kier molecular flexibility index (Phi) is 5.12. The summed E-state index contributed by atoms with van der Waals surface area (Å²) in [5, 5.41) is 2.81. The van der Waals surface area contributed by atoms with Gasteiger partial charge in [-0.2, -0.15) is 0 Å². The van der Waals surface area contributed by atoms with Gasteiger partial charge in [0.15, 0.2) is 0 Å². The highest BCUT2D eigenvalue weighted by atomic mass is 79.9. The molecule has 5 heteroatoms. The summed E-state index contributed by atoms with van der Waals surface area (Å²) in [4.78, 5) is 16.0. The summed E-state index contributed by atoms with van der Waals surface area (Å²) in [5.74, 6) is 0.613. The Morgan fingerprint density at radius 1 is 1.25 bits per heavy atom. The van der Waals surface area contributed by atoms with E-state index in [1.54, 1.807) is 12.1 Å². The molecule has 0 spiro atoms. The Hall–Kier alpha value is -1.88. The van der Waals surface area contributed by atoms with Crippen LogP contribution in [0.4, 0.5) is 5.69 Å².